The highest BCUT2D eigenvalue weighted by molar-refractivity contribution is 7.99. The van der Waals surface area contributed by atoms with Crippen molar-refractivity contribution in [3.63, 3.8) is 0 Å². The molecule has 1 aliphatic carbocycles. The molecule has 1 saturated carbocycles. The third-order valence-corrected chi connectivity index (χ3v) is 6.26. The van der Waals surface area contributed by atoms with Crippen molar-refractivity contribution < 1.29 is 9.53 Å². The van der Waals surface area contributed by atoms with Crippen molar-refractivity contribution in [3.05, 3.63) is 24.3 Å². The maximum Gasteiger partial charge on any atom is 0.230 e. The Labute approximate surface area is 171 Å². The molecule has 7 heteroatoms. The molecule has 1 heterocycles. The van der Waals surface area contributed by atoms with Crippen LogP contribution in [-0.4, -0.2) is 39.6 Å². The summed E-state index contributed by atoms with van der Waals surface area (Å²) in [4.78, 5) is 12.5. The third-order valence-electron chi connectivity index (χ3n) is 5.32. The van der Waals surface area contributed by atoms with Crippen molar-refractivity contribution in [3.8, 4) is 17.1 Å². The van der Waals surface area contributed by atoms with E-state index in [-0.39, 0.29) is 11.9 Å². The zero-order valence-electron chi connectivity index (χ0n) is 17.1. The van der Waals surface area contributed by atoms with E-state index in [0.29, 0.717) is 17.7 Å². The molecule has 0 radical (unpaired) electrons. The highest BCUT2D eigenvalue weighted by atomic mass is 32.2. The molecule has 0 aliphatic heterocycles. The summed E-state index contributed by atoms with van der Waals surface area (Å²) in [7, 11) is 1.65. The van der Waals surface area contributed by atoms with Gasteiger partial charge < -0.3 is 10.1 Å². The predicted octanol–water partition coefficient (Wildman–Crippen LogP) is 4.32. The van der Waals surface area contributed by atoms with Crippen LogP contribution in [0.2, 0.25) is 0 Å². The summed E-state index contributed by atoms with van der Waals surface area (Å²) in [5.41, 5.74) is 0.981. The second-order valence-electron chi connectivity index (χ2n) is 7.72. The van der Waals surface area contributed by atoms with Crippen LogP contribution < -0.4 is 10.1 Å². The van der Waals surface area contributed by atoms with E-state index in [1.807, 2.05) is 24.3 Å². The molecule has 0 unspecified atom stereocenters. The van der Waals surface area contributed by atoms with Crippen LogP contribution in [0.3, 0.4) is 0 Å². The number of hydrogen-bond donors (Lipinski definition) is 1. The van der Waals surface area contributed by atoms with Crippen molar-refractivity contribution in [1.82, 2.24) is 20.1 Å². The van der Waals surface area contributed by atoms with Crippen molar-refractivity contribution in [2.45, 2.75) is 63.7 Å². The molecule has 0 spiro atoms. The maximum absolute atomic E-state index is 12.5. The monoisotopic (exact) mass is 402 g/mol. The second-order valence-corrected chi connectivity index (χ2v) is 8.67. The molecule has 28 heavy (non-hydrogen) atoms. The fraction of sp³-hybridized carbons (Fsp3) is 0.571. The molecule has 2 aromatic rings. The first-order valence-corrected chi connectivity index (χ1v) is 11.0. The number of aromatic nitrogens is 3. The van der Waals surface area contributed by atoms with Crippen LogP contribution in [-0.2, 0) is 4.79 Å². The van der Waals surface area contributed by atoms with Crippen molar-refractivity contribution in [2.75, 3.05) is 12.9 Å². The minimum Gasteiger partial charge on any atom is -0.497 e. The lowest BCUT2D eigenvalue weighted by Crippen LogP contribution is -2.41. The van der Waals surface area contributed by atoms with Crippen LogP contribution in [0, 0.1) is 5.92 Å². The van der Waals surface area contributed by atoms with Gasteiger partial charge in [0.25, 0.3) is 0 Å². The van der Waals surface area contributed by atoms with E-state index in [4.69, 9.17) is 4.74 Å². The normalized spacial score (nSPS) is 19.6. The summed E-state index contributed by atoms with van der Waals surface area (Å²) < 4.78 is 7.32. The second kappa shape index (κ2) is 9.45. The molecular weight excluding hydrogens is 372 g/mol. The van der Waals surface area contributed by atoms with Crippen LogP contribution >= 0.6 is 11.8 Å². The van der Waals surface area contributed by atoms with Crippen molar-refractivity contribution in [1.29, 1.82) is 0 Å². The van der Waals surface area contributed by atoms with Gasteiger partial charge in [0.1, 0.15) is 5.75 Å². The molecule has 0 bridgehead atoms. The van der Waals surface area contributed by atoms with Gasteiger partial charge in [0, 0.05) is 17.6 Å². The first kappa shape index (κ1) is 20.7. The molecule has 2 atom stereocenters. The fourth-order valence-electron chi connectivity index (χ4n) is 3.69. The van der Waals surface area contributed by atoms with Gasteiger partial charge in [-0.2, -0.15) is 0 Å². The molecule has 3 rings (SSSR count). The Bertz CT molecular complexity index is 788. The minimum absolute atomic E-state index is 0.0769. The average Bonchev–Trinajstić information content (AvgIpc) is 3.12. The first-order valence-electron chi connectivity index (χ1n) is 10.0. The Morgan fingerprint density at radius 2 is 1.96 bits per heavy atom. The molecule has 1 aliphatic rings. The molecule has 1 aromatic heterocycles. The van der Waals surface area contributed by atoms with Crippen LogP contribution in [0.5, 0.6) is 5.75 Å². The molecule has 1 amide bonds. The lowest BCUT2D eigenvalue weighted by molar-refractivity contribution is -0.119. The van der Waals surface area contributed by atoms with Gasteiger partial charge in [-0.25, -0.2) is 0 Å². The highest BCUT2D eigenvalue weighted by Gasteiger charge is 2.23. The van der Waals surface area contributed by atoms with Gasteiger partial charge in [0.05, 0.1) is 12.9 Å². The number of methoxy groups -OCH3 is 1. The lowest BCUT2D eigenvalue weighted by Gasteiger charge is -2.29. The Kier molecular flexibility index (Phi) is 6.99. The topological polar surface area (TPSA) is 69.0 Å². The largest absolute Gasteiger partial charge is 0.497 e. The van der Waals surface area contributed by atoms with E-state index >= 15 is 0 Å². The smallest absolute Gasteiger partial charge is 0.230 e. The van der Waals surface area contributed by atoms with Gasteiger partial charge in [-0.15, -0.1) is 10.2 Å². The number of benzene rings is 1. The molecule has 0 saturated heterocycles. The van der Waals surface area contributed by atoms with E-state index in [1.54, 1.807) is 7.11 Å². The number of thioether (sulfide) groups is 1. The summed E-state index contributed by atoms with van der Waals surface area (Å²) in [6.45, 7) is 6.43. The maximum atomic E-state index is 12.5. The molecule has 1 N–H and O–H groups in total. The summed E-state index contributed by atoms with van der Waals surface area (Å²) in [6.07, 6.45) is 4.76. The zero-order valence-corrected chi connectivity index (χ0v) is 18.0. The number of hydrogen-bond acceptors (Lipinski definition) is 5. The van der Waals surface area contributed by atoms with E-state index in [2.05, 4.69) is 40.9 Å². The van der Waals surface area contributed by atoms with Gasteiger partial charge >= 0.3 is 0 Å². The Morgan fingerprint density at radius 1 is 1.25 bits per heavy atom. The molecule has 152 valence electrons. The van der Waals surface area contributed by atoms with Gasteiger partial charge in [0.2, 0.25) is 5.91 Å². The SMILES string of the molecule is COc1ccc(-c2nnc(SCC(=O)N[C@@H]3CCCC[C@@H]3C)n2C(C)C)cc1. The standard InChI is InChI=1S/C21H30N4O2S/c1-14(2)25-20(16-9-11-17(27-4)12-10-16)23-24-21(25)28-13-19(26)22-18-8-6-5-7-15(18)3/h9-12,14-15,18H,5-8,13H2,1-4H3,(H,22,26)/t15-,18+/m0/s1. The molecular formula is C21H30N4O2S. The van der Waals surface area contributed by atoms with E-state index in [0.717, 1.165) is 28.7 Å². The van der Waals surface area contributed by atoms with Crippen LogP contribution in [0.4, 0.5) is 0 Å². The molecule has 1 fully saturated rings. The summed E-state index contributed by atoms with van der Waals surface area (Å²) >= 11 is 1.45. The van der Waals surface area contributed by atoms with Crippen molar-refractivity contribution in [2.24, 2.45) is 5.92 Å². The summed E-state index contributed by atoms with van der Waals surface area (Å²) in [5, 5.41) is 12.7. The predicted molar refractivity (Wildman–Crippen MR) is 113 cm³/mol. The zero-order chi connectivity index (χ0) is 20.1. The number of carbonyl (C=O) groups is 1. The van der Waals surface area contributed by atoms with E-state index in [9.17, 15) is 4.79 Å². The molecule has 1 aromatic carbocycles. The van der Waals surface area contributed by atoms with E-state index < -0.39 is 0 Å². The van der Waals surface area contributed by atoms with Crippen LogP contribution in [0.25, 0.3) is 11.4 Å². The van der Waals surface area contributed by atoms with Crippen LogP contribution in [0.1, 0.15) is 52.5 Å². The Balaban J connectivity index is 1.68. The first-order chi connectivity index (χ1) is 13.5. The number of ether oxygens (including phenoxy) is 1. The van der Waals surface area contributed by atoms with E-state index in [1.165, 1.54) is 31.0 Å². The van der Waals surface area contributed by atoms with Gasteiger partial charge in [-0.1, -0.05) is 31.5 Å². The minimum atomic E-state index is 0.0769. The number of amides is 1. The number of carbonyl (C=O) groups excluding carboxylic acids is 1. The average molecular weight is 403 g/mol. The lowest BCUT2D eigenvalue weighted by atomic mass is 9.86. The van der Waals surface area contributed by atoms with Crippen LogP contribution in [0.15, 0.2) is 29.4 Å². The van der Waals surface area contributed by atoms with Gasteiger partial charge in [0.15, 0.2) is 11.0 Å². The third kappa shape index (κ3) is 4.87. The number of nitrogens with one attached hydrogen (secondary N) is 1. The summed E-state index contributed by atoms with van der Waals surface area (Å²) in [6, 6.07) is 8.29. The van der Waals surface area contributed by atoms with Gasteiger partial charge in [-0.05, 0) is 56.9 Å². The fourth-order valence-corrected chi connectivity index (χ4v) is 4.57. The quantitative estimate of drug-likeness (QED) is 0.699. The Hall–Kier alpha value is -2.02. The highest BCUT2D eigenvalue weighted by Crippen LogP contribution is 2.29. The Morgan fingerprint density at radius 3 is 2.61 bits per heavy atom. The number of rotatable bonds is 7. The molecule has 6 nitrogen and oxygen atoms in total. The summed E-state index contributed by atoms with van der Waals surface area (Å²) in [5.74, 6) is 2.61. The van der Waals surface area contributed by atoms with Gasteiger partial charge in [-0.3, -0.25) is 9.36 Å². The number of nitrogens with zero attached hydrogens (tertiary/aromatic N) is 3. The van der Waals surface area contributed by atoms with Crippen molar-refractivity contribution >= 4 is 17.7 Å².